The van der Waals surface area contributed by atoms with Crippen LogP contribution < -0.4 is 5.32 Å². The Morgan fingerprint density at radius 3 is 2.60 bits per heavy atom. The van der Waals surface area contributed by atoms with Crippen molar-refractivity contribution < 1.29 is 4.79 Å². The zero-order valence-corrected chi connectivity index (χ0v) is 15.9. The molecule has 0 bridgehead atoms. The van der Waals surface area contributed by atoms with E-state index in [2.05, 4.69) is 24.4 Å². The molecule has 1 aliphatic heterocycles. The average molecular weight is 379 g/mol. The molecule has 2 aromatic carbocycles. The van der Waals surface area contributed by atoms with Crippen LogP contribution in [0.5, 0.6) is 0 Å². The number of carbonyl (C=O) groups is 1. The maximum Gasteiger partial charge on any atom is 0.223 e. The molecule has 25 heavy (non-hydrogen) atoms. The Hall–Kier alpha value is -1.55. The van der Waals surface area contributed by atoms with Gasteiger partial charge >= 0.3 is 0 Å². The van der Waals surface area contributed by atoms with Crippen LogP contribution in [0.2, 0.25) is 5.02 Å². The highest BCUT2D eigenvalue weighted by Gasteiger charge is 2.29. The topological polar surface area (TPSA) is 32.3 Å². The number of hydrogen-bond acceptors (Lipinski definition) is 2. The molecule has 1 saturated heterocycles. The Morgan fingerprint density at radius 1 is 1.20 bits per heavy atom. The molecule has 5 heteroatoms. The number of amides is 1. The summed E-state index contributed by atoms with van der Waals surface area (Å²) in [5, 5.41) is 4.10. The predicted molar refractivity (Wildman–Crippen MR) is 105 cm³/mol. The lowest BCUT2D eigenvalue weighted by Crippen LogP contribution is -2.49. The predicted octanol–water partition coefficient (Wildman–Crippen LogP) is 4.43. The third-order valence-corrected chi connectivity index (χ3v) is 5.02. The van der Waals surface area contributed by atoms with E-state index in [1.54, 1.807) is 0 Å². The lowest BCUT2D eigenvalue weighted by molar-refractivity contribution is -0.134. The van der Waals surface area contributed by atoms with Crippen molar-refractivity contribution in [1.82, 2.24) is 10.2 Å². The number of hydrogen-bond donors (Lipinski definition) is 1. The number of piperazine rings is 1. The van der Waals surface area contributed by atoms with Crippen molar-refractivity contribution in [2.45, 2.75) is 25.3 Å². The van der Waals surface area contributed by atoms with Gasteiger partial charge in [-0.2, -0.15) is 0 Å². The minimum atomic E-state index is 0. The van der Waals surface area contributed by atoms with Gasteiger partial charge < -0.3 is 10.2 Å². The quantitative estimate of drug-likeness (QED) is 0.853. The number of halogens is 2. The fraction of sp³-hybridized carbons (Fsp3) is 0.350. The van der Waals surface area contributed by atoms with Crippen molar-refractivity contribution in [1.29, 1.82) is 0 Å². The minimum absolute atomic E-state index is 0. The molecule has 0 aliphatic carbocycles. The highest BCUT2D eigenvalue weighted by atomic mass is 35.5. The molecule has 0 saturated carbocycles. The molecular weight excluding hydrogens is 355 g/mol. The molecule has 0 spiro atoms. The molecule has 2 atom stereocenters. The second kappa shape index (κ2) is 9.23. The summed E-state index contributed by atoms with van der Waals surface area (Å²) in [5.41, 5.74) is 2.22. The Labute approximate surface area is 160 Å². The van der Waals surface area contributed by atoms with Crippen molar-refractivity contribution in [2.75, 3.05) is 19.6 Å². The van der Waals surface area contributed by atoms with Crippen LogP contribution in [0, 0.1) is 0 Å². The van der Waals surface area contributed by atoms with Gasteiger partial charge in [0.05, 0.1) is 6.04 Å². The van der Waals surface area contributed by atoms with Crippen molar-refractivity contribution in [3.63, 3.8) is 0 Å². The van der Waals surface area contributed by atoms with Crippen LogP contribution in [-0.4, -0.2) is 30.4 Å². The molecule has 134 valence electrons. The van der Waals surface area contributed by atoms with Crippen molar-refractivity contribution in [2.24, 2.45) is 0 Å². The van der Waals surface area contributed by atoms with Crippen LogP contribution in [0.4, 0.5) is 0 Å². The van der Waals surface area contributed by atoms with Crippen molar-refractivity contribution in [3.05, 3.63) is 70.7 Å². The van der Waals surface area contributed by atoms with Gasteiger partial charge in [-0.15, -0.1) is 12.4 Å². The Kier molecular flexibility index (Phi) is 7.30. The summed E-state index contributed by atoms with van der Waals surface area (Å²) in [6.07, 6.45) is 0.519. The maximum absolute atomic E-state index is 12.9. The van der Waals surface area contributed by atoms with Gasteiger partial charge in [0.1, 0.15) is 0 Å². The van der Waals surface area contributed by atoms with E-state index < -0.39 is 0 Å². The summed E-state index contributed by atoms with van der Waals surface area (Å²) in [6.45, 7) is 4.40. The van der Waals surface area contributed by atoms with Crippen molar-refractivity contribution >= 4 is 29.9 Å². The molecule has 1 heterocycles. The highest BCUT2D eigenvalue weighted by Crippen LogP contribution is 2.30. The first kappa shape index (κ1) is 19.8. The number of carbonyl (C=O) groups excluding carboxylic acids is 1. The van der Waals surface area contributed by atoms with Crippen LogP contribution >= 0.6 is 24.0 Å². The first-order valence-electron chi connectivity index (χ1n) is 8.46. The molecule has 1 amide bonds. The smallest absolute Gasteiger partial charge is 0.223 e. The molecule has 2 unspecified atom stereocenters. The molecule has 1 fully saturated rings. The van der Waals surface area contributed by atoms with Gasteiger partial charge in [0, 0.05) is 31.1 Å². The lowest BCUT2D eigenvalue weighted by Gasteiger charge is -2.37. The lowest BCUT2D eigenvalue weighted by atomic mass is 9.96. The van der Waals surface area contributed by atoms with Crippen LogP contribution in [0.3, 0.4) is 0 Å². The normalized spacial score (nSPS) is 18.3. The van der Waals surface area contributed by atoms with E-state index in [9.17, 15) is 4.79 Å². The number of nitrogens with one attached hydrogen (secondary N) is 1. The SMILES string of the molecule is CC(CC(=O)N1CCNCC1c1ccccc1Cl)c1ccccc1.Cl. The largest absolute Gasteiger partial charge is 0.333 e. The average Bonchev–Trinajstić information content (AvgIpc) is 2.63. The molecule has 0 radical (unpaired) electrons. The first-order valence-corrected chi connectivity index (χ1v) is 8.84. The summed E-state index contributed by atoms with van der Waals surface area (Å²) in [7, 11) is 0. The minimum Gasteiger partial charge on any atom is -0.333 e. The van der Waals surface area contributed by atoms with Gasteiger partial charge in [-0.1, -0.05) is 67.1 Å². The number of nitrogens with zero attached hydrogens (tertiary/aromatic N) is 1. The molecule has 0 aromatic heterocycles. The van der Waals surface area contributed by atoms with Gasteiger partial charge in [0.15, 0.2) is 0 Å². The van der Waals surface area contributed by atoms with Gasteiger partial charge in [0.2, 0.25) is 5.91 Å². The Balaban J connectivity index is 0.00000225. The van der Waals surface area contributed by atoms with Crippen LogP contribution in [-0.2, 0) is 4.79 Å². The zero-order valence-electron chi connectivity index (χ0n) is 14.3. The van der Waals surface area contributed by atoms with E-state index in [4.69, 9.17) is 11.6 Å². The van der Waals surface area contributed by atoms with Gasteiger partial charge in [-0.05, 0) is 23.1 Å². The number of rotatable bonds is 4. The number of benzene rings is 2. The Morgan fingerprint density at radius 2 is 1.88 bits per heavy atom. The molecular formula is C20H24Cl2N2O. The van der Waals surface area contributed by atoms with E-state index in [-0.39, 0.29) is 30.3 Å². The summed E-state index contributed by atoms with van der Waals surface area (Å²) in [4.78, 5) is 14.9. The van der Waals surface area contributed by atoms with E-state index in [0.717, 1.165) is 30.2 Å². The standard InChI is InChI=1S/C20H23ClN2O.ClH/c1-15(16-7-3-2-4-8-16)13-20(24)23-12-11-22-14-19(23)17-9-5-6-10-18(17)21;/h2-10,15,19,22H,11-14H2,1H3;1H. The zero-order chi connectivity index (χ0) is 16.9. The van der Waals surface area contributed by atoms with Gasteiger partial charge in [0.25, 0.3) is 0 Å². The molecule has 1 N–H and O–H groups in total. The highest BCUT2D eigenvalue weighted by molar-refractivity contribution is 6.31. The van der Waals surface area contributed by atoms with E-state index in [0.29, 0.717) is 6.42 Å². The van der Waals surface area contributed by atoms with E-state index in [1.807, 2.05) is 47.4 Å². The molecule has 2 aromatic rings. The fourth-order valence-electron chi connectivity index (χ4n) is 3.30. The summed E-state index contributed by atoms with van der Waals surface area (Å²) >= 11 is 6.36. The van der Waals surface area contributed by atoms with Gasteiger partial charge in [-0.25, -0.2) is 0 Å². The summed E-state index contributed by atoms with van der Waals surface area (Å²) in [5.74, 6) is 0.401. The fourth-order valence-corrected chi connectivity index (χ4v) is 3.57. The first-order chi connectivity index (χ1) is 11.7. The second-order valence-electron chi connectivity index (χ2n) is 6.34. The Bertz CT molecular complexity index is 693. The third-order valence-electron chi connectivity index (χ3n) is 4.68. The van der Waals surface area contributed by atoms with Crippen LogP contribution in [0.25, 0.3) is 0 Å². The van der Waals surface area contributed by atoms with Crippen molar-refractivity contribution in [3.8, 4) is 0 Å². The molecule has 3 rings (SSSR count). The van der Waals surface area contributed by atoms with E-state index in [1.165, 1.54) is 5.56 Å². The van der Waals surface area contributed by atoms with E-state index >= 15 is 0 Å². The molecule has 1 aliphatic rings. The summed E-state index contributed by atoms with van der Waals surface area (Å²) < 4.78 is 0. The third kappa shape index (κ3) is 4.75. The molecule has 3 nitrogen and oxygen atoms in total. The monoisotopic (exact) mass is 378 g/mol. The maximum atomic E-state index is 12.9. The van der Waals surface area contributed by atoms with Crippen LogP contribution in [0.15, 0.2) is 54.6 Å². The second-order valence-corrected chi connectivity index (χ2v) is 6.75. The summed E-state index contributed by atoms with van der Waals surface area (Å²) in [6, 6.07) is 18.0. The van der Waals surface area contributed by atoms with Crippen LogP contribution in [0.1, 0.15) is 36.4 Å². The van der Waals surface area contributed by atoms with Gasteiger partial charge in [-0.3, -0.25) is 4.79 Å².